The lowest BCUT2D eigenvalue weighted by Gasteiger charge is -2.14. The average molecular weight is 314 g/mol. The van der Waals surface area contributed by atoms with Gasteiger partial charge in [0.2, 0.25) is 10.0 Å². The molecule has 0 aromatic heterocycles. The number of nitrogens with one attached hydrogen (secondary N) is 2. The number of ether oxygens (including phenoxy) is 1. The fraction of sp³-hybridized carbons (Fsp3) is 0.600. The predicted octanol–water partition coefficient (Wildman–Crippen LogP) is 1.89. The molecule has 1 rings (SSSR count). The number of methoxy groups -OCH3 is 1. The quantitative estimate of drug-likeness (QED) is 0.730. The fourth-order valence-electron chi connectivity index (χ4n) is 1.79. The van der Waals surface area contributed by atoms with Crippen molar-refractivity contribution in [3.8, 4) is 0 Å². The number of rotatable bonds is 9. The van der Waals surface area contributed by atoms with E-state index in [-0.39, 0.29) is 6.04 Å². The molecule has 6 heteroatoms. The van der Waals surface area contributed by atoms with E-state index in [0.717, 1.165) is 12.1 Å². The summed E-state index contributed by atoms with van der Waals surface area (Å²) in [6, 6.07) is 7.20. The summed E-state index contributed by atoms with van der Waals surface area (Å²) in [6.07, 6.45) is 0.645. The Hall–Kier alpha value is -0.950. The van der Waals surface area contributed by atoms with Crippen molar-refractivity contribution in [2.75, 3.05) is 13.7 Å². The van der Waals surface area contributed by atoms with Gasteiger partial charge in [0.05, 0.1) is 4.90 Å². The van der Waals surface area contributed by atoms with Crippen LogP contribution in [0.15, 0.2) is 29.2 Å². The molecule has 1 aromatic rings. The Bertz CT molecular complexity index is 512. The highest BCUT2D eigenvalue weighted by Gasteiger charge is 2.16. The highest BCUT2D eigenvalue weighted by atomic mass is 32.2. The third-order valence-electron chi connectivity index (χ3n) is 3.06. The molecule has 0 saturated heterocycles. The lowest BCUT2D eigenvalue weighted by Crippen LogP contribution is -2.33. The Labute approximate surface area is 128 Å². The van der Waals surface area contributed by atoms with E-state index in [2.05, 4.69) is 23.9 Å². The van der Waals surface area contributed by atoms with E-state index in [4.69, 9.17) is 4.74 Å². The second-order valence-corrected chi connectivity index (χ2v) is 7.20. The van der Waals surface area contributed by atoms with Crippen LogP contribution in [0.1, 0.15) is 32.8 Å². The van der Waals surface area contributed by atoms with Gasteiger partial charge in [0, 0.05) is 32.3 Å². The van der Waals surface area contributed by atoms with Crippen LogP contribution in [0.2, 0.25) is 0 Å². The summed E-state index contributed by atoms with van der Waals surface area (Å²) >= 11 is 0. The molecule has 0 aliphatic carbocycles. The molecule has 0 spiro atoms. The van der Waals surface area contributed by atoms with Crippen LogP contribution in [-0.2, 0) is 21.3 Å². The summed E-state index contributed by atoms with van der Waals surface area (Å²) in [5, 5.41) is 3.30. The summed E-state index contributed by atoms with van der Waals surface area (Å²) in [6.45, 7) is 7.24. The maximum absolute atomic E-state index is 12.2. The van der Waals surface area contributed by atoms with Gasteiger partial charge < -0.3 is 10.1 Å². The predicted molar refractivity (Wildman–Crippen MR) is 84.7 cm³/mol. The lowest BCUT2D eigenvalue weighted by molar-refractivity contribution is 0.188. The number of hydrogen-bond acceptors (Lipinski definition) is 4. The number of hydrogen-bond donors (Lipinski definition) is 2. The molecule has 21 heavy (non-hydrogen) atoms. The van der Waals surface area contributed by atoms with E-state index in [1.54, 1.807) is 19.2 Å². The van der Waals surface area contributed by atoms with Crippen molar-refractivity contribution >= 4 is 10.0 Å². The van der Waals surface area contributed by atoms with E-state index in [1.807, 2.05) is 19.1 Å². The lowest BCUT2D eigenvalue weighted by atomic mass is 10.2. The Morgan fingerprint density at radius 1 is 1.14 bits per heavy atom. The molecule has 2 N–H and O–H groups in total. The van der Waals surface area contributed by atoms with Crippen LogP contribution >= 0.6 is 0 Å². The third kappa shape index (κ3) is 6.56. The average Bonchev–Trinajstić information content (AvgIpc) is 2.43. The van der Waals surface area contributed by atoms with Crippen LogP contribution in [0.25, 0.3) is 0 Å². The standard InChI is InChI=1S/C15H26N2O3S/c1-12(2)16-11-14-5-7-15(8-6-14)21(18,19)17-13(3)9-10-20-4/h5-8,12-13,16-17H,9-11H2,1-4H3. The first kappa shape index (κ1) is 18.1. The topological polar surface area (TPSA) is 67.4 Å². The number of benzene rings is 1. The molecule has 1 unspecified atom stereocenters. The van der Waals surface area contributed by atoms with Crippen molar-refractivity contribution in [1.29, 1.82) is 0 Å². The smallest absolute Gasteiger partial charge is 0.240 e. The van der Waals surface area contributed by atoms with E-state index < -0.39 is 10.0 Å². The van der Waals surface area contributed by atoms with Crippen molar-refractivity contribution in [2.45, 2.75) is 50.7 Å². The molecule has 1 atom stereocenters. The molecular formula is C15H26N2O3S. The van der Waals surface area contributed by atoms with Gasteiger partial charge in [-0.3, -0.25) is 0 Å². The van der Waals surface area contributed by atoms with Crippen LogP contribution in [0.4, 0.5) is 0 Å². The van der Waals surface area contributed by atoms with E-state index >= 15 is 0 Å². The third-order valence-corrected chi connectivity index (χ3v) is 4.66. The molecule has 0 saturated carbocycles. The van der Waals surface area contributed by atoms with Crippen LogP contribution in [0.5, 0.6) is 0 Å². The van der Waals surface area contributed by atoms with Crippen LogP contribution in [0, 0.1) is 0 Å². The fourth-order valence-corrected chi connectivity index (χ4v) is 3.07. The van der Waals surface area contributed by atoms with Crippen molar-refractivity contribution in [3.63, 3.8) is 0 Å². The molecule has 0 bridgehead atoms. The zero-order valence-electron chi connectivity index (χ0n) is 13.2. The summed E-state index contributed by atoms with van der Waals surface area (Å²) < 4.78 is 32.0. The van der Waals surface area contributed by atoms with Crippen molar-refractivity contribution in [1.82, 2.24) is 10.0 Å². The largest absolute Gasteiger partial charge is 0.385 e. The van der Waals surface area contributed by atoms with Crippen molar-refractivity contribution < 1.29 is 13.2 Å². The van der Waals surface area contributed by atoms with Gasteiger partial charge in [0.25, 0.3) is 0 Å². The minimum atomic E-state index is -3.46. The highest BCUT2D eigenvalue weighted by Crippen LogP contribution is 2.12. The highest BCUT2D eigenvalue weighted by molar-refractivity contribution is 7.89. The molecule has 0 aliphatic heterocycles. The Morgan fingerprint density at radius 3 is 2.29 bits per heavy atom. The maximum atomic E-state index is 12.2. The molecule has 1 aromatic carbocycles. The Kier molecular flexibility index (Phi) is 7.31. The van der Waals surface area contributed by atoms with Gasteiger partial charge in [0.15, 0.2) is 0 Å². The van der Waals surface area contributed by atoms with Gasteiger partial charge in [-0.1, -0.05) is 26.0 Å². The number of sulfonamides is 1. The van der Waals surface area contributed by atoms with Crippen LogP contribution in [-0.4, -0.2) is 34.2 Å². The van der Waals surface area contributed by atoms with Gasteiger partial charge in [-0.2, -0.15) is 0 Å². The monoisotopic (exact) mass is 314 g/mol. The summed E-state index contributed by atoms with van der Waals surface area (Å²) in [5.74, 6) is 0. The minimum absolute atomic E-state index is 0.155. The minimum Gasteiger partial charge on any atom is -0.385 e. The molecule has 0 heterocycles. The normalized spacial score (nSPS) is 13.6. The second-order valence-electron chi connectivity index (χ2n) is 5.48. The molecule has 120 valence electrons. The molecular weight excluding hydrogens is 288 g/mol. The molecule has 0 amide bonds. The summed E-state index contributed by atoms with van der Waals surface area (Å²) in [7, 11) is -1.86. The SMILES string of the molecule is COCCC(C)NS(=O)(=O)c1ccc(CNC(C)C)cc1. The molecule has 0 aliphatic rings. The molecule has 0 radical (unpaired) electrons. The van der Waals surface area contributed by atoms with Gasteiger partial charge in [-0.05, 0) is 31.0 Å². The maximum Gasteiger partial charge on any atom is 0.240 e. The Balaban J connectivity index is 2.66. The first-order valence-corrected chi connectivity index (χ1v) is 8.67. The van der Waals surface area contributed by atoms with Crippen LogP contribution in [0.3, 0.4) is 0 Å². The van der Waals surface area contributed by atoms with Gasteiger partial charge >= 0.3 is 0 Å². The first-order chi connectivity index (χ1) is 9.85. The van der Waals surface area contributed by atoms with Crippen molar-refractivity contribution in [2.24, 2.45) is 0 Å². The summed E-state index contributed by atoms with van der Waals surface area (Å²) in [5.41, 5.74) is 1.06. The molecule has 0 fully saturated rings. The van der Waals surface area contributed by atoms with Crippen molar-refractivity contribution in [3.05, 3.63) is 29.8 Å². The zero-order valence-corrected chi connectivity index (χ0v) is 14.0. The Morgan fingerprint density at radius 2 is 1.76 bits per heavy atom. The second kappa shape index (κ2) is 8.48. The van der Waals surface area contributed by atoms with E-state index in [1.165, 1.54) is 0 Å². The first-order valence-electron chi connectivity index (χ1n) is 7.18. The zero-order chi connectivity index (χ0) is 15.9. The van der Waals surface area contributed by atoms with E-state index in [9.17, 15) is 8.42 Å². The molecule has 5 nitrogen and oxygen atoms in total. The van der Waals surface area contributed by atoms with E-state index in [0.29, 0.717) is 24.0 Å². The van der Waals surface area contributed by atoms with Gasteiger partial charge in [-0.15, -0.1) is 0 Å². The summed E-state index contributed by atoms with van der Waals surface area (Å²) in [4.78, 5) is 0.292. The van der Waals surface area contributed by atoms with Gasteiger partial charge in [-0.25, -0.2) is 13.1 Å². The van der Waals surface area contributed by atoms with Gasteiger partial charge in [0.1, 0.15) is 0 Å². The van der Waals surface area contributed by atoms with Crippen LogP contribution < -0.4 is 10.0 Å².